The molecule has 0 bridgehead atoms. The second-order valence-corrected chi connectivity index (χ2v) is 9.35. The van der Waals surface area contributed by atoms with Gasteiger partial charge in [0, 0.05) is 37.5 Å². The first kappa shape index (κ1) is 25.6. The van der Waals surface area contributed by atoms with Crippen LogP contribution in [0.4, 0.5) is 24.1 Å². The number of aliphatic hydroxyl groups is 1. The maximum absolute atomic E-state index is 12.6. The quantitative estimate of drug-likeness (QED) is 0.300. The summed E-state index contributed by atoms with van der Waals surface area (Å²) in [6.07, 6.45) is -1.81. The summed E-state index contributed by atoms with van der Waals surface area (Å²) in [5, 5.41) is 30.3. The summed E-state index contributed by atoms with van der Waals surface area (Å²) >= 11 is 1.17. The first-order valence-electron chi connectivity index (χ1n) is 11.6. The number of aliphatic hydroxyl groups excluding tert-OH is 1. The van der Waals surface area contributed by atoms with Crippen LogP contribution in [0.1, 0.15) is 12.1 Å². The Balaban J connectivity index is 1.15. The van der Waals surface area contributed by atoms with E-state index in [1.807, 2.05) is 12.1 Å². The first-order chi connectivity index (χ1) is 18.3. The molecule has 2 N–H and O–H groups in total. The Morgan fingerprint density at radius 2 is 1.95 bits per heavy atom. The van der Waals surface area contributed by atoms with Gasteiger partial charge in [-0.25, -0.2) is 0 Å². The minimum atomic E-state index is -4.78. The molecule has 0 saturated carbocycles. The number of benzene rings is 1. The highest BCUT2D eigenvalue weighted by atomic mass is 32.1. The van der Waals surface area contributed by atoms with Gasteiger partial charge in [-0.3, -0.25) is 4.98 Å². The Kier molecular flexibility index (Phi) is 7.51. The van der Waals surface area contributed by atoms with Crippen molar-refractivity contribution in [3.63, 3.8) is 0 Å². The van der Waals surface area contributed by atoms with Crippen molar-refractivity contribution in [3.8, 4) is 22.1 Å². The van der Waals surface area contributed by atoms with Crippen LogP contribution in [0.25, 0.3) is 11.1 Å². The van der Waals surface area contributed by atoms with Crippen LogP contribution >= 0.6 is 11.3 Å². The average molecular weight is 546 g/mol. The number of nitrogens with zero attached hydrogens (tertiary/aromatic N) is 6. The number of hydrogen-bond donors (Lipinski definition) is 2. The van der Waals surface area contributed by atoms with Gasteiger partial charge in [0.05, 0.1) is 6.54 Å². The fraction of sp³-hybridized carbons (Fsp3) is 0.292. The molecular formula is C24H22F3N7O3S. The highest BCUT2D eigenvalue weighted by molar-refractivity contribution is 7.16. The van der Waals surface area contributed by atoms with E-state index in [2.05, 4.69) is 40.3 Å². The predicted molar refractivity (Wildman–Crippen MR) is 133 cm³/mol. The molecule has 3 aromatic heterocycles. The van der Waals surface area contributed by atoms with E-state index < -0.39 is 12.6 Å². The number of hydrogen-bond acceptors (Lipinski definition) is 11. The molecule has 0 amide bonds. The lowest BCUT2D eigenvalue weighted by molar-refractivity contribution is -0.274. The molecule has 1 saturated heterocycles. The molecule has 0 radical (unpaired) electrons. The Hall–Kier alpha value is -4.04. The Morgan fingerprint density at radius 1 is 1.08 bits per heavy atom. The molecule has 14 heteroatoms. The number of anilines is 2. The minimum Gasteiger partial charge on any atom is -0.464 e. The number of rotatable bonds is 9. The summed E-state index contributed by atoms with van der Waals surface area (Å²) < 4.78 is 47.6. The Morgan fingerprint density at radius 3 is 2.76 bits per heavy atom. The third-order valence-corrected chi connectivity index (χ3v) is 6.36. The summed E-state index contributed by atoms with van der Waals surface area (Å²) in [7, 11) is 0. The third-order valence-electron chi connectivity index (χ3n) is 5.61. The highest BCUT2D eigenvalue weighted by Crippen LogP contribution is 2.29. The summed E-state index contributed by atoms with van der Waals surface area (Å²) in [4.78, 5) is 6.34. The van der Waals surface area contributed by atoms with Gasteiger partial charge < -0.3 is 24.8 Å². The van der Waals surface area contributed by atoms with Crippen LogP contribution in [0.5, 0.6) is 10.9 Å². The van der Waals surface area contributed by atoms with Crippen molar-refractivity contribution in [1.82, 2.24) is 25.4 Å². The number of pyridine rings is 1. The number of aromatic nitrogens is 5. The van der Waals surface area contributed by atoms with Gasteiger partial charge in [0.1, 0.15) is 18.1 Å². The van der Waals surface area contributed by atoms with Crippen molar-refractivity contribution < 1.29 is 27.8 Å². The molecule has 38 heavy (non-hydrogen) atoms. The molecule has 1 aliphatic heterocycles. The van der Waals surface area contributed by atoms with Crippen LogP contribution in [0.2, 0.25) is 0 Å². The van der Waals surface area contributed by atoms with Gasteiger partial charge in [-0.15, -0.1) is 23.4 Å². The van der Waals surface area contributed by atoms with Crippen LogP contribution in [0.3, 0.4) is 0 Å². The van der Waals surface area contributed by atoms with Crippen molar-refractivity contribution in [3.05, 3.63) is 66.6 Å². The zero-order valence-corrected chi connectivity index (χ0v) is 20.6. The van der Waals surface area contributed by atoms with Gasteiger partial charge in [0.15, 0.2) is 5.82 Å². The molecule has 5 rings (SSSR count). The third kappa shape index (κ3) is 6.83. The number of nitrogens with one attached hydrogen (secondary N) is 1. The van der Waals surface area contributed by atoms with Gasteiger partial charge in [-0.1, -0.05) is 17.2 Å². The molecule has 1 aliphatic rings. The van der Waals surface area contributed by atoms with Crippen molar-refractivity contribution in [2.24, 2.45) is 0 Å². The molecule has 1 unspecified atom stereocenters. The molecule has 0 aliphatic carbocycles. The second kappa shape index (κ2) is 11.1. The Bertz CT molecular complexity index is 1360. The van der Waals surface area contributed by atoms with E-state index in [1.54, 1.807) is 24.4 Å². The minimum absolute atomic E-state index is 0.0743. The first-order valence-corrected chi connectivity index (χ1v) is 12.4. The molecule has 198 valence electrons. The number of alkyl halides is 3. The van der Waals surface area contributed by atoms with E-state index >= 15 is 0 Å². The van der Waals surface area contributed by atoms with E-state index in [-0.39, 0.29) is 18.3 Å². The predicted octanol–water partition coefficient (Wildman–Crippen LogP) is 3.92. The zero-order chi connectivity index (χ0) is 26.5. The molecule has 10 nitrogen and oxygen atoms in total. The van der Waals surface area contributed by atoms with Crippen molar-refractivity contribution in [2.45, 2.75) is 31.5 Å². The monoisotopic (exact) mass is 545 g/mol. The summed E-state index contributed by atoms with van der Waals surface area (Å²) in [6, 6.07) is 12.7. The van der Waals surface area contributed by atoms with Crippen molar-refractivity contribution in [1.29, 1.82) is 0 Å². The van der Waals surface area contributed by atoms with Crippen LogP contribution < -0.4 is 19.7 Å². The van der Waals surface area contributed by atoms with Crippen LogP contribution in [0, 0.1) is 0 Å². The van der Waals surface area contributed by atoms with Gasteiger partial charge in [-0.05, 0) is 58.9 Å². The Labute approximate surface area is 219 Å². The smallest absolute Gasteiger partial charge is 0.464 e. The number of halogens is 3. The molecular weight excluding hydrogens is 523 g/mol. The maximum atomic E-state index is 12.6. The van der Waals surface area contributed by atoms with E-state index in [4.69, 9.17) is 4.74 Å². The standard InChI is InChI=1S/C24H22F3N7O3S/c25-24(26,27)37-18-4-1-3-15(12-18)16-6-9-28-17(11-16)13-21(35)30-22-32-33-23(38-22)36-19-7-10-34(14-19)20-5-2-8-29-31-20/h1-6,8-9,11-12,19,21,35H,7,10,13-14H2,(H,30,32)/t19-,21?/m1/s1. The molecule has 4 heterocycles. The van der Waals surface area contributed by atoms with E-state index in [0.717, 1.165) is 18.8 Å². The second-order valence-electron chi connectivity index (χ2n) is 8.41. The van der Waals surface area contributed by atoms with E-state index in [1.165, 1.54) is 35.7 Å². The van der Waals surface area contributed by atoms with E-state index in [9.17, 15) is 18.3 Å². The molecule has 2 atom stereocenters. The maximum Gasteiger partial charge on any atom is 0.573 e. The van der Waals surface area contributed by atoms with Crippen LogP contribution in [0.15, 0.2) is 60.9 Å². The van der Waals surface area contributed by atoms with E-state index in [0.29, 0.717) is 33.7 Å². The highest BCUT2D eigenvalue weighted by Gasteiger charge is 2.31. The average Bonchev–Trinajstić information content (AvgIpc) is 3.53. The van der Waals surface area contributed by atoms with Crippen molar-refractivity contribution in [2.75, 3.05) is 23.3 Å². The fourth-order valence-corrected chi connectivity index (χ4v) is 4.69. The number of ether oxygens (including phenoxy) is 2. The summed E-state index contributed by atoms with van der Waals surface area (Å²) in [5.41, 5.74) is 1.68. The van der Waals surface area contributed by atoms with Gasteiger partial charge in [-0.2, -0.15) is 5.10 Å². The zero-order valence-electron chi connectivity index (χ0n) is 19.7. The normalized spacial score (nSPS) is 16.3. The SMILES string of the molecule is OC(Cc1cc(-c2cccc(OC(F)(F)F)c2)ccn1)Nc1nnc(O[C@@H]2CCN(c3cccnn3)C2)s1. The lowest BCUT2D eigenvalue weighted by atomic mass is 10.0. The van der Waals surface area contributed by atoms with Crippen LogP contribution in [-0.4, -0.2) is 62.3 Å². The fourth-order valence-electron chi connectivity index (χ4n) is 3.99. The summed E-state index contributed by atoms with van der Waals surface area (Å²) in [5.74, 6) is 0.477. The summed E-state index contributed by atoms with van der Waals surface area (Å²) in [6.45, 7) is 1.44. The lowest BCUT2D eigenvalue weighted by Crippen LogP contribution is -2.25. The van der Waals surface area contributed by atoms with Crippen LogP contribution in [-0.2, 0) is 6.42 Å². The topological polar surface area (TPSA) is 118 Å². The lowest BCUT2D eigenvalue weighted by Gasteiger charge is -2.16. The molecule has 1 aromatic carbocycles. The van der Waals surface area contributed by atoms with Gasteiger partial charge >= 0.3 is 6.36 Å². The molecule has 1 fully saturated rings. The van der Waals surface area contributed by atoms with Gasteiger partial charge in [0.2, 0.25) is 5.13 Å². The molecule has 0 spiro atoms. The van der Waals surface area contributed by atoms with Crippen molar-refractivity contribution >= 4 is 22.3 Å². The molecule has 4 aromatic rings. The largest absolute Gasteiger partial charge is 0.573 e. The van der Waals surface area contributed by atoms with Gasteiger partial charge in [0.25, 0.3) is 5.19 Å².